The predicted octanol–water partition coefficient (Wildman–Crippen LogP) is 4.06. The molecular formula is C24H26N4. The van der Waals surface area contributed by atoms with Gasteiger partial charge in [-0.05, 0) is 55.1 Å². The predicted molar refractivity (Wildman–Crippen MR) is 114 cm³/mol. The Hall–Kier alpha value is -3.16. The number of nitrogens with one attached hydrogen (secondary N) is 2. The van der Waals surface area contributed by atoms with Gasteiger partial charge in [0.2, 0.25) is 0 Å². The van der Waals surface area contributed by atoms with Gasteiger partial charge in [-0.3, -0.25) is 4.98 Å². The molecule has 0 amide bonds. The second-order valence-electron chi connectivity index (χ2n) is 6.87. The maximum Gasteiger partial charge on any atom is 0.0991 e. The zero-order chi connectivity index (χ0) is 19.4. The van der Waals surface area contributed by atoms with E-state index >= 15 is 0 Å². The third-order valence-electron chi connectivity index (χ3n) is 4.73. The zero-order valence-electron chi connectivity index (χ0n) is 16.0. The summed E-state index contributed by atoms with van der Waals surface area (Å²) in [7, 11) is 0. The van der Waals surface area contributed by atoms with Crippen LogP contribution in [0.4, 0.5) is 5.69 Å². The van der Waals surface area contributed by atoms with Crippen molar-refractivity contribution in [2.24, 2.45) is 5.92 Å². The minimum absolute atomic E-state index is 0.586. The molecule has 3 aromatic rings. The number of pyridine rings is 1. The van der Waals surface area contributed by atoms with E-state index in [2.05, 4.69) is 27.8 Å². The normalized spacial score (nSPS) is 14.6. The Bertz CT molecular complexity index is 842. The number of rotatable bonds is 5. The monoisotopic (exact) mass is 370 g/mol. The Kier molecular flexibility index (Phi) is 7.60. The number of anilines is 1. The summed E-state index contributed by atoms with van der Waals surface area (Å²) in [4.78, 5) is 4.45. The molecular weight excluding hydrogens is 344 g/mol. The van der Waals surface area contributed by atoms with E-state index in [1.54, 1.807) is 0 Å². The highest BCUT2D eigenvalue weighted by Crippen LogP contribution is 2.21. The van der Waals surface area contributed by atoms with E-state index in [1.807, 2.05) is 72.9 Å². The van der Waals surface area contributed by atoms with Crippen molar-refractivity contribution in [2.75, 3.05) is 25.0 Å². The Morgan fingerprint density at radius 2 is 1.71 bits per heavy atom. The first-order valence-electron chi connectivity index (χ1n) is 9.72. The van der Waals surface area contributed by atoms with Crippen molar-refractivity contribution in [3.63, 3.8) is 0 Å². The van der Waals surface area contributed by atoms with Gasteiger partial charge in [-0.1, -0.05) is 48.5 Å². The number of hydrogen-bond acceptors (Lipinski definition) is 4. The van der Waals surface area contributed by atoms with Gasteiger partial charge in [-0.15, -0.1) is 0 Å². The molecule has 2 heterocycles. The molecule has 4 rings (SSSR count). The van der Waals surface area contributed by atoms with Gasteiger partial charge in [0.15, 0.2) is 0 Å². The third kappa shape index (κ3) is 6.22. The smallest absolute Gasteiger partial charge is 0.0991 e. The van der Waals surface area contributed by atoms with Crippen molar-refractivity contribution in [2.45, 2.75) is 12.8 Å². The van der Waals surface area contributed by atoms with E-state index in [0.29, 0.717) is 5.92 Å². The number of fused-ring (bicyclic) bond motifs is 1. The largest absolute Gasteiger partial charge is 0.383 e. The molecule has 0 saturated carbocycles. The van der Waals surface area contributed by atoms with Crippen LogP contribution < -0.4 is 10.6 Å². The summed E-state index contributed by atoms with van der Waals surface area (Å²) in [5.74, 6) is 0.586. The summed E-state index contributed by atoms with van der Waals surface area (Å²) in [6.45, 7) is 2.96. The second kappa shape index (κ2) is 10.9. The first-order chi connectivity index (χ1) is 13.8. The molecule has 28 heavy (non-hydrogen) atoms. The van der Waals surface area contributed by atoms with E-state index in [9.17, 15) is 0 Å². The molecule has 0 bridgehead atoms. The van der Waals surface area contributed by atoms with Crippen molar-refractivity contribution in [1.29, 1.82) is 5.26 Å². The number of aromatic nitrogens is 1. The third-order valence-corrected chi connectivity index (χ3v) is 4.73. The van der Waals surface area contributed by atoms with Crippen LogP contribution in [0.3, 0.4) is 0 Å². The van der Waals surface area contributed by atoms with Crippen LogP contribution >= 0.6 is 0 Å². The van der Waals surface area contributed by atoms with Crippen LogP contribution in [0, 0.1) is 17.2 Å². The standard InChI is InChI=1S/C18H20N4.C6H6/c19-11-15-5-3-14(4-6-15)7-9-20-12-16-10-18-17(22-13-16)2-1-8-21-18;1-2-4-6-5-3-1/h1-6,8,16,20,22H,7,9-10,12-13H2;1-6H. The topological polar surface area (TPSA) is 60.7 Å². The van der Waals surface area contributed by atoms with E-state index in [4.69, 9.17) is 5.26 Å². The highest BCUT2D eigenvalue weighted by molar-refractivity contribution is 5.49. The lowest BCUT2D eigenvalue weighted by molar-refractivity contribution is 0.480. The molecule has 4 nitrogen and oxygen atoms in total. The molecule has 2 N–H and O–H groups in total. The summed E-state index contributed by atoms with van der Waals surface area (Å²) in [6.07, 6.45) is 3.88. The minimum atomic E-state index is 0.586. The van der Waals surface area contributed by atoms with Crippen LogP contribution in [-0.4, -0.2) is 24.6 Å². The fourth-order valence-electron chi connectivity index (χ4n) is 3.18. The lowest BCUT2D eigenvalue weighted by Crippen LogP contribution is -2.33. The van der Waals surface area contributed by atoms with Gasteiger partial charge in [0.25, 0.3) is 0 Å². The zero-order valence-corrected chi connectivity index (χ0v) is 16.0. The Labute approximate surface area is 167 Å². The highest BCUT2D eigenvalue weighted by Gasteiger charge is 2.18. The summed E-state index contributed by atoms with van der Waals surface area (Å²) in [5.41, 5.74) is 4.33. The number of nitrogens with zero attached hydrogens (tertiary/aromatic N) is 2. The average molecular weight is 371 g/mol. The van der Waals surface area contributed by atoms with E-state index < -0.39 is 0 Å². The van der Waals surface area contributed by atoms with E-state index in [-0.39, 0.29) is 0 Å². The highest BCUT2D eigenvalue weighted by atomic mass is 14.9. The van der Waals surface area contributed by atoms with Gasteiger partial charge in [-0.2, -0.15) is 5.26 Å². The number of nitriles is 1. The molecule has 0 radical (unpaired) electrons. The summed E-state index contributed by atoms with van der Waals surface area (Å²) < 4.78 is 0. The molecule has 142 valence electrons. The van der Waals surface area contributed by atoms with Crippen LogP contribution in [-0.2, 0) is 12.8 Å². The Morgan fingerprint density at radius 3 is 2.39 bits per heavy atom. The molecule has 0 aliphatic carbocycles. The van der Waals surface area contributed by atoms with Crippen molar-refractivity contribution in [3.05, 3.63) is 95.8 Å². The van der Waals surface area contributed by atoms with E-state index in [0.717, 1.165) is 38.0 Å². The maximum atomic E-state index is 8.78. The minimum Gasteiger partial charge on any atom is -0.383 e. The van der Waals surface area contributed by atoms with E-state index in [1.165, 1.54) is 16.9 Å². The van der Waals surface area contributed by atoms with Gasteiger partial charge in [0.05, 0.1) is 23.0 Å². The van der Waals surface area contributed by atoms with Crippen molar-refractivity contribution in [1.82, 2.24) is 10.3 Å². The second-order valence-corrected chi connectivity index (χ2v) is 6.87. The molecule has 1 aliphatic rings. The lowest BCUT2D eigenvalue weighted by atomic mass is 9.98. The lowest BCUT2D eigenvalue weighted by Gasteiger charge is -2.25. The van der Waals surface area contributed by atoms with Crippen molar-refractivity contribution in [3.8, 4) is 6.07 Å². The molecule has 1 aromatic heterocycles. The molecule has 2 aromatic carbocycles. The van der Waals surface area contributed by atoms with Crippen LogP contribution in [0.2, 0.25) is 0 Å². The number of benzene rings is 2. The summed E-state index contributed by atoms with van der Waals surface area (Å²) >= 11 is 0. The van der Waals surface area contributed by atoms with Crippen LogP contribution in [0.15, 0.2) is 79.0 Å². The number of hydrogen-bond donors (Lipinski definition) is 2. The van der Waals surface area contributed by atoms with Crippen LogP contribution in [0.25, 0.3) is 0 Å². The van der Waals surface area contributed by atoms with Crippen LogP contribution in [0.5, 0.6) is 0 Å². The fourth-order valence-corrected chi connectivity index (χ4v) is 3.18. The molecule has 1 unspecified atom stereocenters. The first kappa shape index (κ1) is 19.6. The SMILES string of the molecule is N#Cc1ccc(CCNCC2CNc3cccnc3C2)cc1.c1ccccc1. The first-order valence-corrected chi connectivity index (χ1v) is 9.72. The molecule has 0 fully saturated rings. The molecule has 4 heteroatoms. The van der Waals surface area contributed by atoms with Gasteiger partial charge in [0, 0.05) is 19.3 Å². The summed E-state index contributed by atoms with van der Waals surface area (Å²) in [5, 5.41) is 15.8. The van der Waals surface area contributed by atoms with Crippen molar-refractivity contribution < 1.29 is 0 Å². The van der Waals surface area contributed by atoms with Gasteiger partial charge in [-0.25, -0.2) is 0 Å². The van der Waals surface area contributed by atoms with Crippen LogP contribution in [0.1, 0.15) is 16.8 Å². The molecule has 0 saturated heterocycles. The van der Waals surface area contributed by atoms with Gasteiger partial charge in [0.1, 0.15) is 0 Å². The Morgan fingerprint density at radius 1 is 1.00 bits per heavy atom. The maximum absolute atomic E-state index is 8.78. The summed E-state index contributed by atoms with van der Waals surface area (Å²) in [6, 6.07) is 26.0. The average Bonchev–Trinajstić information content (AvgIpc) is 2.78. The van der Waals surface area contributed by atoms with Crippen molar-refractivity contribution >= 4 is 5.69 Å². The molecule has 1 atom stereocenters. The van der Waals surface area contributed by atoms with Gasteiger partial charge < -0.3 is 10.6 Å². The van der Waals surface area contributed by atoms with Gasteiger partial charge >= 0.3 is 0 Å². The Balaban J connectivity index is 0.000000320. The molecule has 0 spiro atoms. The molecule has 1 aliphatic heterocycles. The fraction of sp³-hybridized carbons (Fsp3) is 0.250. The quantitative estimate of drug-likeness (QED) is 0.665.